The van der Waals surface area contributed by atoms with Crippen LogP contribution >= 0.6 is 0 Å². The zero-order valence-electron chi connectivity index (χ0n) is 22.1. The number of amides is 2. The highest BCUT2D eigenvalue weighted by atomic mass is 16.7. The molecule has 0 bridgehead atoms. The first-order valence-electron chi connectivity index (χ1n) is 12.4. The average Bonchev–Trinajstić information content (AvgIpc) is 2.89. The molecule has 19 heteroatoms. The lowest BCUT2D eigenvalue weighted by Gasteiger charge is -2.47. The number of aliphatic hydroxyl groups is 6. The number of aliphatic carboxylic acids is 2. The van der Waals surface area contributed by atoms with Crippen LogP contribution in [0.25, 0.3) is 0 Å². The van der Waals surface area contributed by atoms with Crippen LogP contribution in [-0.4, -0.2) is 157 Å². The summed E-state index contributed by atoms with van der Waals surface area (Å²) in [5.74, 6) is -7.43. The third-order valence-electron chi connectivity index (χ3n) is 6.50. The van der Waals surface area contributed by atoms with Gasteiger partial charge in [-0.15, -0.1) is 0 Å². The minimum absolute atomic E-state index is 0.655. The first-order valence-corrected chi connectivity index (χ1v) is 12.4. The number of ether oxygens (including phenoxy) is 4. The monoisotopic (exact) mass is 599 g/mol. The van der Waals surface area contributed by atoms with Gasteiger partial charge >= 0.3 is 11.9 Å². The largest absolute Gasteiger partial charge is 0.480 e. The summed E-state index contributed by atoms with van der Waals surface area (Å²) >= 11 is 0. The van der Waals surface area contributed by atoms with Crippen molar-refractivity contribution in [3.8, 4) is 0 Å². The van der Waals surface area contributed by atoms with Gasteiger partial charge in [0.1, 0.15) is 48.7 Å². The number of hydrogen-bond donors (Lipinski definition) is 11. The number of carbonyl (C=O) groups is 4. The Bertz CT molecular complexity index is 941. The quantitative estimate of drug-likeness (QED) is 0.0937. The van der Waals surface area contributed by atoms with E-state index in [1.54, 1.807) is 0 Å². The molecule has 12 N–H and O–H groups in total. The molecule has 19 nitrogen and oxygen atoms in total. The van der Waals surface area contributed by atoms with Crippen LogP contribution in [0.2, 0.25) is 0 Å². The minimum atomic E-state index is -2.78. The predicted octanol–water partition coefficient (Wildman–Crippen LogP) is -6.47. The van der Waals surface area contributed by atoms with Gasteiger partial charge in [-0.2, -0.15) is 0 Å². The minimum Gasteiger partial charge on any atom is -0.480 e. The Balaban J connectivity index is 2.31. The number of hydrogen-bond acceptors (Lipinski definition) is 15. The van der Waals surface area contributed by atoms with Gasteiger partial charge in [0.25, 0.3) is 5.79 Å². The molecule has 1 unspecified atom stereocenters. The summed E-state index contributed by atoms with van der Waals surface area (Å²) in [4.78, 5) is 46.6. The van der Waals surface area contributed by atoms with Gasteiger partial charge in [-0.3, -0.25) is 14.4 Å². The van der Waals surface area contributed by atoms with Crippen molar-refractivity contribution in [1.29, 1.82) is 0 Å². The Morgan fingerprint density at radius 3 is 2.12 bits per heavy atom. The number of carboxylic acid groups (broad SMARTS) is 2. The lowest BCUT2D eigenvalue weighted by atomic mass is 9.88. The van der Waals surface area contributed by atoms with Crippen molar-refractivity contribution < 1.29 is 79.0 Å². The van der Waals surface area contributed by atoms with Gasteiger partial charge < -0.3 is 76.2 Å². The SMILES string of the molecule is CC(=O)N[C@H]1[C@@H](OC[C@H](N)C(=O)O)O[C@H](CO[C@]2(C(=O)O)C[C@H](O)[C@@H](NC(C)=O)C([C@H](O)[C@H](O)CO)O2)[C@H](O)[C@@H]1O. The molecule has 2 saturated heterocycles. The molecule has 2 aliphatic heterocycles. The second-order valence-corrected chi connectivity index (χ2v) is 9.72. The molecule has 236 valence electrons. The van der Waals surface area contributed by atoms with E-state index in [0.29, 0.717) is 0 Å². The molecule has 0 saturated carbocycles. The Morgan fingerprint density at radius 1 is 1.02 bits per heavy atom. The zero-order chi connectivity index (χ0) is 31.2. The van der Waals surface area contributed by atoms with E-state index in [2.05, 4.69) is 10.6 Å². The Hall–Kier alpha value is -2.56. The lowest BCUT2D eigenvalue weighted by Crippen LogP contribution is -2.69. The standard InChI is InChI=1S/C22H37N3O16/c1-7(27)24-13-10(29)3-22(21(36)37,41-18(13)15(31)11(30)4-26)39-6-12-16(32)17(33)14(25-8(2)28)20(40-12)38-5-9(23)19(34)35/h9-18,20,26,29-33H,3-6,23H2,1-2H3,(H,24,27)(H,25,28)(H,34,35)(H,36,37)/t9-,10-,11+,12+,13+,14+,15+,16-,17+,18?,20-,22+/m0/s1. The Labute approximate surface area is 232 Å². The van der Waals surface area contributed by atoms with E-state index in [1.807, 2.05) is 0 Å². The fraction of sp³-hybridized carbons (Fsp3) is 0.818. The summed E-state index contributed by atoms with van der Waals surface area (Å²) in [7, 11) is 0. The van der Waals surface area contributed by atoms with Gasteiger partial charge in [-0.1, -0.05) is 0 Å². The fourth-order valence-electron chi connectivity index (χ4n) is 4.36. The van der Waals surface area contributed by atoms with Crippen LogP contribution in [0.15, 0.2) is 0 Å². The summed E-state index contributed by atoms with van der Waals surface area (Å²) in [5, 5.41) is 85.1. The second-order valence-electron chi connectivity index (χ2n) is 9.72. The topological polar surface area (TPSA) is 317 Å². The molecule has 0 aromatic rings. The Kier molecular flexibility index (Phi) is 12.3. The van der Waals surface area contributed by atoms with Crippen molar-refractivity contribution in [2.24, 2.45) is 5.73 Å². The molecule has 41 heavy (non-hydrogen) atoms. The molecular weight excluding hydrogens is 562 g/mol. The molecule has 0 aromatic heterocycles. The Morgan fingerprint density at radius 2 is 1.61 bits per heavy atom. The number of nitrogens with two attached hydrogens (primary N) is 1. The lowest BCUT2D eigenvalue weighted by molar-refractivity contribution is -0.330. The highest BCUT2D eigenvalue weighted by Gasteiger charge is 2.57. The average molecular weight is 600 g/mol. The highest BCUT2D eigenvalue weighted by molar-refractivity contribution is 5.76. The number of carbonyl (C=O) groups excluding carboxylic acids is 2. The van der Waals surface area contributed by atoms with Crippen LogP contribution in [0.1, 0.15) is 20.3 Å². The second kappa shape index (κ2) is 14.6. The van der Waals surface area contributed by atoms with Crippen LogP contribution in [0.3, 0.4) is 0 Å². The molecule has 2 rings (SSSR count). The molecule has 0 radical (unpaired) electrons. The smallest absolute Gasteiger partial charge is 0.364 e. The van der Waals surface area contributed by atoms with Gasteiger partial charge in [0.2, 0.25) is 11.8 Å². The maximum absolute atomic E-state index is 12.3. The van der Waals surface area contributed by atoms with Crippen LogP contribution in [0, 0.1) is 0 Å². The molecule has 0 spiro atoms. The van der Waals surface area contributed by atoms with Gasteiger partial charge in [0.05, 0.1) is 32.0 Å². The van der Waals surface area contributed by atoms with E-state index in [1.165, 1.54) is 0 Å². The molecule has 2 fully saturated rings. The summed E-state index contributed by atoms with van der Waals surface area (Å²) < 4.78 is 21.8. The molecule has 2 aliphatic rings. The molecule has 12 atom stereocenters. The van der Waals surface area contributed by atoms with Crippen LogP contribution in [0.4, 0.5) is 0 Å². The fourth-order valence-corrected chi connectivity index (χ4v) is 4.36. The third kappa shape index (κ3) is 8.49. The van der Waals surface area contributed by atoms with Crippen molar-refractivity contribution >= 4 is 23.8 Å². The van der Waals surface area contributed by atoms with Crippen LogP contribution in [0.5, 0.6) is 0 Å². The van der Waals surface area contributed by atoms with E-state index in [-0.39, 0.29) is 0 Å². The number of aliphatic hydroxyl groups excluding tert-OH is 6. The first kappa shape index (κ1) is 34.6. The van der Waals surface area contributed by atoms with E-state index < -0.39 is 123 Å². The van der Waals surface area contributed by atoms with Crippen molar-refractivity contribution in [2.45, 2.75) is 93.2 Å². The normalized spacial score (nSPS) is 36.0. The summed E-state index contributed by atoms with van der Waals surface area (Å²) in [6, 6.07) is -4.40. The van der Waals surface area contributed by atoms with Gasteiger partial charge in [0, 0.05) is 20.3 Å². The molecule has 2 amide bonds. The maximum Gasteiger partial charge on any atom is 0.364 e. The summed E-state index contributed by atoms with van der Waals surface area (Å²) in [5.41, 5.74) is 5.42. The number of carboxylic acids is 2. The van der Waals surface area contributed by atoms with E-state index >= 15 is 0 Å². The van der Waals surface area contributed by atoms with Crippen LogP contribution < -0.4 is 16.4 Å². The van der Waals surface area contributed by atoms with Crippen molar-refractivity contribution in [1.82, 2.24) is 10.6 Å². The number of nitrogens with one attached hydrogen (secondary N) is 2. The molecule has 2 heterocycles. The van der Waals surface area contributed by atoms with E-state index in [4.69, 9.17) is 29.8 Å². The molecular formula is C22H37N3O16. The summed E-state index contributed by atoms with van der Waals surface area (Å²) in [6.07, 6.45) is -15.2. The predicted molar refractivity (Wildman–Crippen MR) is 128 cm³/mol. The van der Waals surface area contributed by atoms with Gasteiger partial charge in [-0.05, 0) is 0 Å². The van der Waals surface area contributed by atoms with Crippen molar-refractivity contribution in [3.05, 3.63) is 0 Å². The third-order valence-corrected chi connectivity index (χ3v) is 6.50. The molecule has 0 aliphatic carbocycles. The zero-order valence-corrected chi connectivity index (χ0v) is 22.1. The highest BCUT2D eigenvalue weighted by Crippen LogP contribution is 2.34. The molecule has 0 aromatic carbocycles. The van der Waals surface area contributed by atoms with Gasteiger partial charge in [-0.25, -0.2) is 4.79 Å². The van der Waals surface area contributed by atoms with E-state index in [0.717, 1.165) is 13.8 Å². The summed E-state index contributed by atoms with van der Waals surface area (Å²) in [6.45, 7) is -0.378. The first-order chi connectivity index (χ1) is 19.0. The van der Waals surface area contributed by atoms with Crippen molar-refractivity contribution in [2.75, 3.05) is 19.8 Å². The van der Waals surface area contributed by atoms with Gasteiger partial charge in [0.15, 0.2) is 6.29 Å². The van der Waals surface area contributed by atoms with Crippen LogP contribution in [-0.2, 0) is 38.1 Å². The maximum atomic E-state index is 12.3. The van der Waals surface area contributed by atoms with E-state index in [9.17, 15) is 54.9 Å². The number of rotatable bonds is 13. The van der Waals surface area contributed by atoms with Crippen molar-refractivity contribution in [3.63, 3.8) is 0 Å².